The van der Waals surface area contributed by atoms with E-state index in [2.05, 4.69) is 28.3 Å². The molecule has 0 amide bonds. The van der Waals surface area contributed by atoms with Crippen molar-refractivity contribution >= 4 is 44.6 Å². The molecule has 5 heteroatoms. The maximum absolute atomic E-state index is 9.50. The lowest BCUT2D eigenvalue weighted by atomic mass is 10.1. The van der Waals surface area contributed by atoms with Gasteiger partial charge in [-0.25, -0.2) is 4.98 Å². The van der Waals surface area contributed by atoms with Crippen LogP contribution in [0.5, 0.6) is 5.75 Å². The number of nitrogens with zero attached hydrogens (tertiary/aromatic N) is 3. The Morgan fingerprint density at radius 3 is 2.95 bits per heavy atom. The first-order valence-corrected chi connectivity index (χ1v) is 7.70. The molecule has 1 N–H and O–H groups in total. The number of benzene rings is 2. The van der Waals surface area contributed by atoms with Crippen molar-refractivity contribution in [2.75, 3.05) is 0 Å². The number of phenols is 1. The van der Waals surface area contributed by atoms with Crippen LogP contribution in [0.3, 0.4) is 0 Å². The normalized spacial score (nSPS) is 11.9. The zero-order valence-corrected chi connectivity index (χ0v) is 12.7. The molecule has 4 nitrogen and oxygen atoms in total. The highest BCUT2D eigenvalue weighted by Gasteiger charge is 2.03. The Labute approximate surface area is 131 Å². The van der Waals surface area contributed by atoms with Crippen LogP contribution in [0.15, 0.2) is 42.6 Å². The lowest BCUT2D eigenvalue weighted by molar-refractivity contribution is 0.476. The average Bonchev–Trinajstić information content (AvgIpc) is 3.08. The van der Waals surface area contributed by atoms with Crippen LogP contribution in [0.2, 0.25) is 0 Å². The van der Waals surface area contributed by atoms with E-state index in [0.717, 1.165) is 31.7 Å². The molecule has 2 aromatic heterocycles. The maximum atomic E-state index is 9.50. The van der Waals surface area contributed by atoms with Gasteiger partial charge in [-0.2, -0.15) is 5.10 Å². The van der Waals surface area contributed by atoms with Crippen molar-refractivity contribution in [2.24, 2.45) is 7.05 Å². The minimum Gasteiger partial charge on any atom is -0.508 e. The minimum absolute atomic E-state index is 0.272. The Hall–Kier alpha value is -2.66. The van der Waals surface area contributed by atoms with Gasteiger partial charge in [0.1, 0.15) is 10.8 Å². The molecule has 108 valence electrons. The Balaban J connectivity index is 1.68. The van der Waals surface area contributed by atoms with E-state index in [4.69, 9.17) is 0 Å². The van der Waals surface area contributed by atoms with Crippen molar-refractivity contribution in [2.45, 2.75) is 0 Å². The first-order chi connectivity index (χ1) is 10.7. The number of rotatable bonds is 2. The molecule has 2 heterocycles. The topological polar surface area (TPSA) is 50.9 Å². The van der Waals surface area contributed by atoms with Gasteiger partial charge in [0.2, 0.25) is 0 Å². The fourth-order valence-electron chi connectivity index (χ4n) is 2.46. The predicted molar refractivity (Wildman–Crippen MR) is 90.9 cm³/mol. The molecule has 0 saturated carbocycles. The van der Waals surface area contributed by atoms with Crippen LogP contribution in [0.1, 0.15) is 10.6 Å². The summed E-state index contributed by atoms with van der Waals surface area (Å²) in [6, 6.07) is 11.5. The van der Waals surface area contributed by atoms with E-state index in [0.29, 0.717) is 0 Å². The third kappa shape index (κ3) is 2.25. The molecule has 0 bridgehead atoms. The van der Waals surface area contributed by atoms with Crippen LogP contribution in [-0.2, 0) is 7.05 Å². The van der Waals surface area contributed by atoms with Crippen LogP contribution in [0.4, 0.5) is 0 Å². The molecule has 0 atom stereocenters. The Morgan fingerprint density at radius 2 is 2.05 bits per heavy atom. The Morgan fingerprint density at radius 1 is 1.14 bits per heavy atom. The summed E-state index contributed by atoms with van der Waals surface area (Å²) in [6.45, 7) is 0. The Kier molecular flexibility index (Phi) is 2.94. The largest absolute Gasteiger partial charge is 0.508 e. The monoisotopic (exact) mass is 307 g/mol. The molecule has 0 aliphatic heterocycles. The average molecular weight is 307 g/mol. The van der Waals surface area contributed by atoms with E-state index >= 15 is 0 Å². The van der Waals surface area contributed by atoms with Crippen molar-refractivity contribution in [1.29, 1.82) is 0 Å². The molecule has 0 spiro atoms. The van der Waals surface area contributed by atoms with Crippen LogP contribution in [0.25, 0.3) is 33.3 Å². The molecule has 0 saturated heterocycles. The number of aryl methyl sites for hydroxylation is 1. The van der Waals surface area contributed by atoms with Crippen LogP contribution < -0.4 is 0 Å². The highest BCUT2D eigenvalue weighted by molar-refractivity contribution is 7.19. The fraction of sp³-hybridized carbons (Fsp3) is 0.0588. The van der Waals surface area contributed by atoms with Crippen molar-refractivity contribution in [1.82, 2.24) is 14.8 Å². The molecule has 0 fully saturated rings. The first kappa shape index (κ1) is 13.0. The van der Waals surface area contributed by atoms with E-state index in [-0.39, 0.29) is 5.75 Å². The zero-order chi connectivity index (χ0) is 15.1. The molecular formula is C17H13N3OS. The number of phenolic OH excluding ortho intramolecular Hbond substituents is 1. The molecule has 0 aliphatic rings. The number of thiazole rings is 1. The summed E-state index contributed by atoms with van der Waals surface area (Å²) in [5.74, 6) is 0.272. The van der Waals surface area contributed by atoms with Gasteiger partial charge in [-0.3, -0.25) is 4.68 Å². The van der Waals surface area contributed by atoms with Gasteiger partial charge in [0.05, 0.1) is 21.9 Å². The number of hydrogen-bond acceptors (Lipinski definition) is 4. The molecule has 0 unspecified atom stereocenters. The summed E-state index contributed by atoms with van der Waals surface area (Å²) in [7, 11) is 1.94. The number of hydrogen-bond donors (Lipinski definition) is 1. The fourth-order valence-corrected chi connectivity index (χ4v) is 3.36. The summed E-state index contributed by atoms with van der Waals surface area (Å²) in [5.41, 5.74) is 3.14. The molecule has 0 aliphatic carbocycles. The number of aromatic nitrogens is 3. The predicted octanol–water partition coefficient (Wildman–Crippen LogP) is 4.06. The second kappa shape index (κ2) is 4.96. The Bertz CT molecular complexity index is 1010. The van der Waals surface area contributed by atoms with Gasteiger partial charge in [0.15, 0.2) is 0 Å². The molecule has 4 rings (SSSR count). The van der Waals surface area contributed by atoms with Crippen molar-refractivity contribution in [3.05, 3.63) is 53.2 Å². The van der Waals surface area contributed by atoms with Crippen molar-refractivity contribution < 1.29 is 5.11 Å². The maximum Gasteiger partial charge on any atom is 0.117 e. The smallest absolute Gasteiger partial charge is 0.117 e. The van der Waals surface area contributed by atoms with Gasteiger partial charge < -0.3 is 5.11 Å². The highest BCUT2D eigenvalue weighted by Crippen LogP contribution is 2.27. The van der Waals surface area contributed by atoms with Gasteiger partial charge in [0, 0.05) is 12.4 Å². The number of aromatic hydroxyl groups is 1. The second-order valence-corrected chi connectivity index (χ2v) is 6.19. The summed E-state index contributed by atoms with van der Waals surface area (Å²) in [5, 5.41) is 15.8. The standard InChI is InChI=1S/C17H13N3OS/c1-20-15-6-2-11(8-12(15)10-18-20)3-7-17-19-14-5-4-13(21)9-16(14)22-17/h2-10,21H,1H3/b7-3+. The van der Waals surface area contributed by atoms with Crippen LogP contribution in [0, 0.1) is 0 Å². The van der Waals surface area contributed by atoms with Crippen LogP contribution in [-0.4, -0.2) is 19.9 Å². The van der Waals surface area contributed by atoms with E-state index in [1.54, 1.807) is 23.5 Å². The van der Waals surface area contributed by atoms with Gasteiger partial charge in [-0.05, 0) is 42.0 Å². The van der Waals surface area contributed by atoms with E-state index in [1.165, 1.54) is 0 Å². The van der Waals surface area contributed by atoms with Gasteiger partial charge >= 0.3 is 0 Å². The van der Waals surface area contributed by atoms with Gasteiger partial charge in [-0.1, -0.05) is 12.1 Å². The van der Waals surface area contributed by atoms with Crippen molar-refractivity contribution in [3.63, 3.8) is 0 Å². The molecular weight excluding hydrogens is 294 g/mol. The molecule has 4 aromatic rings. The lowest BCUT2D eigenvalue weighted by Crippen LogP contribution is -1.87. The summed E-state index contributed by atoms with van der Waals surface area (Å²) >= 11 is 1.56. The first-order valence-electron chi connectivity index (χ1n) is 6.88. The highest BCUT2D eigenvalue weighted by atomic mass is 32.1. The van der Waals surface area contributed by atoms with E-state index in [9.17, 15) is 5.11 Å². The van der Waals surface area contributed by atoms with Gasteiger partial charge in [0.25, 0.3) is 0 Å². The second-order valence-electron chi connectivity index (χ2n) is 5.12. The van der Waals surface area contributed by atoms with E-state index < -0.39 is 0 Å². The quantitative estimate of drug-likeness (QED) is 0.607. The van der Waals surface area contributed by atoms with Gasteiger partial charge in [-0.15, -0.1) is 11.3 Å². The summed E-state index contributed by atoms with van der Waals surface area (Å²) < 4.78 is 2.85. The number of fused-ring (bicyclic) bond motifs is 2. The van der Waals surface area contributed by atoms with Crippen LogP contribution >= 0.6 is 11.3 Å². The molecule has 22 heavy (non-hydrogen) atoms. The third-order valence-corrected chi connectivity index (χ3v) is 4.56. The van der Waals surface area contributed by atoms with E-state index in [1.807, 2.05) is 36.1 Å². The summed E-state index contributed by atoms with van der Waals surface area (Å²) in [6.07, 6.45) is 5.91. The lowest BCUT2D eigenvalue weighted by Gasteiger charge is -1.95. The molecule has 2 aromatic carbocycles. The molecule has 0 radical (unpaired) electrons. The third-order valence-electron chi connectivity index (χ3n) is 3.58. The van der Waals surface area contributed by atoms with Crippen molar-refractivity contribution in [3.8, 4) is 5.75 Å². The zero-order valence-electron chi connectivity index (χ0n) is 11.9. The summed E-state index contributed by atoms with van der Waals surface area (Å²) in [4.78, 5) is 4.54. The SMILES string of the molecule is Cn1ncc2cc(/C=C/c3nc4ccc(O)cc4s3)ccc21. The minimum atomic E-state index is 0.272.